The van der Waals surface area contributed by atoms with Gasteiger partial charge >= 0.3 is 0 Å². The summed E-state index contributed by atoms with van der Waals surface area (Å²) in [5.41, 5.74) is 9.07. The van der Waals surface area contributed by atoms with Gasteiger partial charge in [-0.15, -0.1) is 0 Å². The maximum Gasteiger partial charge on any atom is 0.126 e. The number of anilines is 1. The van der Waals surface area contributed by atoms with Crippen molar-refractivity contribution < 1.29 is 9.13 Å². The van der Waals surface area contributed by atoms with Crippen LogP contribution in [0, 0.1) is 12.7 Å². The molecular weight excluding hydrogens is 217 g/mol. The minimum Gasteiger partial charge on any atom is -0.496 e. The quantitative estimate of drug-likeness (QED) is 0.804. The number of benzene rings is 2. The van der Waals surface area contributed by atoms with Crippen molar-refractivity contribution in [3.8, 4) is 16.9 Å². The molecule has 0 spiro atoms. The van der Waals surface area contributed by atoms with E-state index in [0.29, 0.717) is 17.0 Å². The zero-order chi connectivity index (χ0) is 12.4. The molecule has 0 amide bonds. The zero-order valence-electron chi connectivity index (χ0n) is 9.83. The fraction of sp³-hybridized carbons (Fsp3) is 0.143. The van der Waals surface area contributed by atoms with Crippen LogP contribution >= 0.6 is 0 Å². The van der Waals surface area contributed by atoms with E-state index in [4.69, 9.17) is 10.5 Å². The first-order valence-electron chi connectivity index (χ1n) is 5.32. The summed E-state index contributed by atoms with van der Waals surface area (Å²) >= 11 is 0. The van der Waals surface area contributed by atoms with Crippen LogP contribution in [0.3, 0.4) is 0 Å². The third kappa shape index (κ3) is 2.23. The van der Waals surface area contributed by atoms with E-state index in [1.807, 2.05) is 25.1 Å². The topological polar surface area (TPSA) is 35.2 Å². The van der Waals surface area contributed by atoms with E-state index in [0.717, 1.165) is 11.1 Å². The summed E-state index contributed by atoms with van der Waals surface area (Å²) in [7, 11) is 1.56. The fourth-order valence-electron chi connectivity index (χ4n) is 1.79. The number of methoxy groups -OCH3 is 1. The number of aryl methyl sites for hydroxylation is 1. The van der Waals surface area contributed by atoms with Gasteiger partial charge < -0.3 is 10.5 Å². The smallest absolute Gasteiger partial charge is 0.126 e. The van der Waals surface area contributed by atoms with E-state index >= 15 is 0 Å². The van der Waals surface area contributed by atoms with Crippen LogP contribution in [0.15, 0.2) is 36.4 Å². The molecule has 2 aromatic carbocycles. The van der Waals surface area contributed by atoms with Crippen LogP contribution in [-0.4, -0.2) is 7.11 Å². The lowest BCUT2D eigenvalue weighted by Gasteiger charge is -2.11. The van der Waals surface area contributed by atoms with E-state index in [1.54, 1.807) is 13.2 Å². The molecule has 0 atom stereocenters. The van der Waals surface area contributed by atoms with Crippen LogP contribution in [0.4, 0.5) is 10.1 Å². The molecule has 0 unspecified atom stereocenters. The summed E-state index contributed by atoms with van der Waals surface area (Å²) in [5, 5.41) is 0. The summed E-state index contributed by atoms with van der Waals surface area (Å²) in [5.74, 6) is 0.311. The van der Waals surface area contributed by atoms with Gasteiger partial charge in [0.15, 0.2) is 0 Å². The molecule has 88 valence electrons. The van der Waals surface area contributed by atoms with Crippen LogP contribution in [0.5, 0.6) is 5.75 Å². The van der Waals surface area contributed by atoms with E-state index in [-0.39, 0.29) is 5.82 Å². The molecule has 0 fully saturated rings. The van der Waals surface area contributed by atoms with Gasteiger partial charge in [-0.1, -0.05) is 11.6 Å². The standard InChI is InChI=1S/C14H14FNO/c1-9-3-5-13(16)11(7-9)12-8-10(15)4-6-14(12)17-2/h3-8H,16H2,1-2H3. The zero-order valence-corrected chi connectivity index (χ0v) is 9.83. The average Bonchev–Trinajstić information content (AvgIpc) is 2.32. The highest BCUT2D eigenvalue weighted by molar-refractivity contribution is 5.80. The first kappa shape index (κ1) is 11.5. The second-order valence-electron chi connectivity index (χ2n) is 3.94. The number of halogens is 1. The maximum atomic E-state index is 13.3. The third-order valence-electron chi connectivity index (χ3n) is 2.66. The molecule has 2 rings (SSSR count). The molecule has 0 radical (unpaired) electrons. The third-order valence-corrected chi connectivity index (χ3v) is 2.66. The Morgan fingerprint density at radius 2 is 1.82 bits per heavy atom. The fourth-order valence-corrected chi connectivity index (χ4v) is 1.79. The van der Waals surface area contributed by atoms with Crippen molar-refractivity contribution in [2.24, 2.45) is 0 Å². The second-order valence-corrected chi connectivity index (χ2v) is 3.94. The van der Waals surface area contributed by atoms with E-state index in [9.17, 15) is 4.39 Å². The highest BCUT2D eigenvalue weighted by Gasteiger charge is 2.10. The highest BCUT2D eigenvalue weighted by atomic mass is 19.1. The highest BCUT2D eigenvalue weighted by Crippen LogP contribution is 2.34. The molecule has 2 aromatic rings. The van der Waals surface area contributed by atoms with Gasteiger partial charge in [-0.2, -0.15) is 0 Å². The predicted molar refractivity (Wildman–Crippen MR) is 67.5 cm³/mol. The lowest BCUT2D eigenvalue weighted by molar-refractivity contribution is 0.415. The number of hydrogen-bond donors (Lipinski definition) is 1. The molecule has 2 N–H and O–H groups in total. The van der Waals surface area contributed by atoms with Gasteiger partial charge in [0.05, 0.1) is 7.11 Å². The minimum absolute atomic E-state index is 0.304. The Labute approximate surface area is 99.8 Å². The summed E-state index contributed by atoms with van der Waals surface area (Å²) in [6, 6.07) is 10.1. The van der Waals surface area contributed by atoms with E-state index < -0.39 is 0 Å². The maximum absolute atomic E-state index is 13.3. The molecule has 0 aromatic heterocycles. The molecule has 2 nitrogen and oxygen atoms in total. The summed E-state index contributed by atoms with van der Waals surface area (Å²) in [4.78, 5) is 0. The van der Waals surface area contributed by atoms with Crippen molar-refractivity contribution in [3.63, 3.8) is 0 Å². The first-order valence-corrected chi connectivity index (χ1v) is 5.32. The van der Waals surface area contributed by atoms with Gasteiger partial charge in [-0.05, 0) is 37.3 Å². The van der Waals surface area contributed by atoms with Gasteiger partial charge in [-0.25, -0.2) is 4.39 Å². The van der Waals surface area contributed by atoms with Crippen molar-refractivity contribution >= 4 is 5.69 Å². The van der Waals surface area contributed by atoms with Gasteiger partial charge in [0, 0.05) is 16.8 Å². The first-order chi connectivity index (χ1) is 8.11. The monoisotopic (exact) mass is 231 g/mol. The SMILES string of the molecule is COc1ccc(F)cc1-c1cc(C)ccc1N. The van der Waals surface area contributed by atoms with E-state index in [1.165, 1.54) is 12.1 Å². The normalized spacial score (nSPS) is 10.3. The number of hydrogen-bond acceptors (Lipinski definition) is 2. The Balaban J connectivity index is 2.66. The largest absolute Gasteiger partial charge is 0.496 e. The summed E-state index contributed by atoms with van der Waals surface area (Å²) in [6.07, 6.45) is 0. The molecule has 3 heteroatoms. The molecular formula is C14H14FNO. The van der Waals surface area contributed by atoms with Crippen LogP contribution < -0.4 is 10.5 Å². The number of nitrogen functional groups attached to an aromatic ring is 1. The molecule has 0 aliphatic heterocycles. The molecule has 0 aliphatic rings. The van der Waals surface area contributed by atoms with Crippen molar-refractivity contribution in [1.82, 2.24) is 0 Å². The molecule has 0 saturated carbocycles. The van der Waals surface area contributed by atoms with Crippen molar-refractivity contribution in [1.29, 1.82) is 0 Å². The molecule has 0 saturated heterocycles. The number of rotatable bonds is 2. The lowest BCUT2D eigenvalue weighted by atomic mass is 10.0. The van der Waals surface area contributed by atoms with Crippen molar-refractivity contribution in [2.45, 2.75) is 6.92 Å². The van der Waals surface area contributed by atoms with Crippen molar-refractivity contribution in [3.05, 3.63) is 47.8 Å². The molecule has 0 bridgehead atoms. The van der Waals surface area contributed by atoms with Crippen LogP contribution in [0.1, 0.15) is 5.56 Å². The lowest BCUT2D eigenvalue weighted by Crippen LogP contribution is -1.94. The van der Waals surface area contributed by atoms with Crippen LogP contribution in [0.2, 0.25) is 0 Å². The Bertz CT molecular complexity index is 552. The van der Waals surface area contributed by atoms with Gasteiger partial charge in [0.2, 0.25) is 0 Å². The molecule has 0 aliphatic carbocycles. The Hall–Kier alpha value is -2.03. The second kappa shape index (κ2) is 4.45. The number of nitrogens with two attached hydrogens (primary N) is 1. The minimum atomic E-state index is -0.304. The summed E-state index contributed by atoms with van der Waals surface area (Å²) < 4.78 is 18.5. The average molecular weight is 231 g/mol. The van der Waals surface area contributed by atoms with Gasteiger partial charge in [0.1, 0.15) is 11.6 Å². The Kier molecular flexibility index (Phi) is 3.00. The van der Waals surface area contributed by atoms with Crippen LogP contribution in [0.25, 0.3) is 11.1 Å². The summed E-state index contributed by atoms with van der Waals surface area (Å²) in [6.45, 7) is 1.97. The predicted octanol–water partition coefficient (Wildman–Crippen LogP) is 3.39. The molecule has 17 heavy (non-hydrogen) atoms. The Morgan fingerprint density at radius 3 is 2.53 bits per heavy atom. The van der Waals surface area contributed by atoms with Gasteiger partial charge in [0.25, 0.3) is 0 Å². The van der Waals surface area contributed by atoms with Crippen LogP contribution in [-0.2, 0) is 0 Å². The Morgan fingerprint density at radius 1 is 1.06 bits per heavy atom. The van der Waals surface area contributed by atoms with Gasteiger partial charge in [-0.3, -0.25) is 0 Å². The number of ether oxygens (including phenoxy) is 1. The van der Waals surface area contributed by atoms with Crippen molar-refractivity contribution in [2.75, 3.05) is 12.8 Å². The molecule has 0 heterocycles. The van der Waals surface area contributed by atoms with E-state index in [2.05, 4.69) is 0 Å².